The molecule has 1 aliphatic heterocycles. The zero-order chi connectivity index (χ0) is 23.0. The normalized spacial score (nSPS) is 22.2. The summed E-state index contributed by atoms with van der Waals surface area (Å²) in [6.45, 7) is -2.21. The highest BCUT2D eigenvalue weighted by atomic mass is 35.5. The van der Waals surface area contributed by atoms with Gasteiger partial charge in [0.15, 0.2) is 9.84 Å². The molecule has 1 fully saturated rings. The standard InChI is InChI=1S/C19H19ClN2O7S2/c1-29-16-8-14(20)4-7-17(16)31(27,28)22-10-18(19(24,11-22)12-23)30(25,26)15-5-2-13(9-21)3-6-15/h2-8,18,23-24H,10-12H2,1H3/t18-,19+/m0/s1. The smallest absolute Gasteiger partial charge is 0.246 e. The van der Waals surface area contributed by atoms with E-state index < -0.39 is 50.4 Å². The van der Waals surface area contributed by atoms with Crippen LogP contribution in [0.5, 0.6) is 5.75 Å². The average molecular weight is 487 g/mol. The van der Waals surface area contributed by atoms with Crippen LogP contribution in [-0.2, 0) is 19.9 Å². The van der Waals surface area contributed by atoms with Crippen LogP contribution in [0.3, 0.4) is 0 Å². The van der Waals surface area contributed by atoms with Gasteiger partial charge in [-0.2, -0.15) is 9.57 Å². The van der Waals surface area contributed by atoms with Crippen LogP contribution in [0.15, 0.2) is 52.3 Å². The number of sulfonamides is 1. The fraction of sp³-hybridized carbons (Fsp3) is 0.316. The first-order chi connectivity index (χ1) is 14.5. The van der Waals surface area contributed by atoms with Gasteiger partial charge < -0.3 is 14.9 Å². The second kappa shape index (κ2) is 8.38. The van der Waals surface area contributed by atoms with Crippen LogP contribution in [0.4, 0.5) is 0 Å². The fourth-order valence-electron chi connectivity index (χ4n) is 3.43. The van der Waals surface area contributed by atoms with Crippen molar-refractivity contribution in [1.82, 2.24) is 4.31 Å². The summed E-state index contributed by atoms with van der Waals surface area (Å²) in [5.41, 5.74) is -2.00. The van der Waals surface area contributed by atoms with Crippen LogP contribution in [0.1, 0.15) is 5.56 Å². The SMILES string of the molecule is COc1cc(Cl)ccc1S(=O)(=O)N1C[C@H](S(=O)(=O)c2ccc(C#N)cc2)[C@](O)(CO)C1. The second-order valence-electron chi connectivity index (χ2n) is 7.02. The van der Waals surface area contributed by atoms with E-state index in [9.17, 15) is 27.0 Å². The Morgan fingerprint density at radius 2 is 1.87 bits per heavy atom. The zero-order valence-electron chi connectivity index (χ0n) is 16.3. The number of hydrogen-bond acceptors (Lipinski definition) is 8. The van der Waals surface area contributed by atoms with E-state index in [1.807, 2.05) is 6.07 Å². The van der Waals surface area contributed by atoms with Gasteiger partial charge in [0.2, 0.25) is 10.0 Å². The number of halogens is 1. The van der Waals surface area contributed by atoms with Crippen molar-refractivity contribution in [3.05, 3.63) is 53.1 Å². The van der Waals surface area contributed by atoms with Gasteiger partial charge in [-0.1, -0.05) is 11.6 Å². The Kier molecular flexibility index (Phi) is 6.35. The molecule has 2 N–H and O–H groups in total. The van der Waals surface area contributed by atoms with Crippen molar-refractivity contribution in [3.8, 4) is 11.8 Å². The van der Waals surface area contributed by atoms with E-state index in [1.165, 1.54) is 49.6 Å². The first-order valence-electron chi connectivity index (χ1n) is 8.90. The van der Waals surface area contributed by atoms with Crippen LogP contribution in [0.25, 0.3) is 0 Å². The van der Waals surface area contributed by atoms with E-state index in [2.05, 4.69) is 0 Å². The fourth-order valence-corrected chi connectivity index (χ4v) is 7.28. The van der Waals surface area contributed by atoms with E-state index in [0.717, 1.165) is 4.31 Å². The lowest BCUT2D eigenvalue weighted by Crippen LogP contribution is -2.49. The lowest BCUT2D eigenvalue weighted by atomic mass is 10.1. The van der Waals surface area contributed by atoms with Crippen molar-refractivity contribution < 1.29 is 31.8 Å². The molecule has 166 valence electrons. The molecule has 2 aromatic carbocycles. The summed E-state index contributed by atoms with van der Waals surface area (Å²) in [4.78, 5) is -0.456. The molecule has 9 nitrogen and oxygen atoms in total. The maximum Gasteiger partial charge on any atom is 0.246 e. The minimum atomic E-state index is -4.29. The minimum absolute atomic E-state index is 0.0431. The molecule has 0 unspecified atom stereocenters. The molecular weight excluding hydrogens is 468 g/mol. The Bertz CT molecular complexity index is 1240. The highest BCUT2D eigenvalue weighted by Gasteiger charge is 2.55. The van der Waals surface area contributed by atoms with Crippen LogP contribution in [0.2, 0.25) is 5.02 Å². The third-order valence-corrected chi connectivity index (χ3v) is 9.48. The van der Waals surface area contributed by atoms with Crippen molar-refractivity contribution in [3.63, 3.8) is 0 Å². The molecule has 1 heterocycles. The summed E-state index contributed by atoms with van der Waals surface area (Å²) in [6, 6.07) is 10.7. The molecule has 0 bridgehead atoms. The number of aliphatic hydroxyl groups is 2. The molecule has 2 aromatic rings. The molecule has 0 aliphatic carbocycles. The Morgan fingerprint density at radius 3 is 2.42 bits per heavy atom. The molecule has 3 rings (SSSR count). The largest absolute Gasteiger partial charge is 0.495 e. The lowest BCUT2D eigenvalue weighted by molar-refractivity contribution is 0.00159. The molecular formula is C19H19ClN2O7S2. The Labute approximate surface area is 185 Å². The molecule has 1 saturated heterocycles. The number of methoxy groups -OCH3 is 1. The van der Waals surface area contributed by atoms with Gasteiger partial charge in [-0.25, -0.2) is 16.8 Å². The van der Waals surface area contributed by atoms with Crippen LogP contribution in [0, 0.1) is 11.3 Å². The highest BCUT2D eigenvalue weighted by molar-refractivity contribution is 7.92. The molecule has 1 aliphatic rings. The summed E-state index contributed by atoms with van der Waals surface area (Å²) in [7, 11) is -7.29. The Balaban J connectivity index is 2.03. The summed E-state index contributed by atoms with van der Waals surface area (Å²) >= 11 is 5.88. The van der Waals surface area contributed by atoms with Crippen molar-refractivity contribution in [2.75, 3.05) is 26.8 Å². The molecule has 0 spiro atoms. The molecule has 2 atom stereocenters. The Morgan fingerprint density at radius 1 is 1.23 bits per heavy atom. The third kappa shape index (κ3) is 4.15. The summed E-state index contributed by atoms with van der Waals surface area (Å²) in [5.74, 6) is -0.0431. The number of benzene rings is 2. The number of β-amino-alcohol motifs (C(OH)–C–C–N with tert-alkyl or cyclic N) is 1. The Hall–Kier alpha value is -2.20. The van der Waals surface area contributed by atoms with Crippen molar-refractivity contribution in [1.29, 1.82) is 5.26 Å². The number of nitriles is 1. The van der Waals surface area contributed by atoms with Gasteiger partial charge in [-0.3, -0.25) is 0 Å². The summed E-state index contributed by atoms with van der Waals surface area (Å²) in [6.07, 6.45) is 0. The number of rotatable bonds is 6. The van der Waals surface area contributed by atoms with Crippen molar-refractivity contribution in [2.45, 2.75) is 20.6 Å². The van der Waals surface area contributed by atoms with E-state index in [0.29, 0.717) is 0 Å². The summed E-state index contributed by atoms with van der Waals surface area (Å²) < 4.78 is 58.6. The van der Waals surface area contributed by atoms with Crippen molar-refractivity contribution in [2.24, 2.45) is 0 Å². The van der Waals surface area contributed by atoms with Gasteiger partial charge in [-0.15, -0.1) is 0 Å². The maximum absolute atomic E-state index is 13.2. The van der Waals surface area contributed by atoms with Gasteiger partial charge in [0.25, 0.3) is 0 Å². The van der Waals surface area contributed by atoms with Crippen LogP contribution in [-0.4, -0.2) is 69.0 Å². The molecule has 0 aromatic heterocycles. The predicted molar refractivity (Wildman–Crippen MR) is 111 cm³/mol. The molecule has 31 heavy (non-hydrogen) atoms. The highest BCUT2D eigenvalue weighted by Crippen LogP contribution is 2.37. The minimum Gasteiger partial charge on any atom is -0.495 e. The topological polar surface area (TPSA) is 145 Å². The first-order valence-corrected chi connectivity index (χ1v) is 12.3. The number of hydrogen-bond donors (Lipinski definition) is 2. The van der Waals surface area contributed by atoms with E-state index in [1.54, 1.807) is 0 Å². The van der Waals surface area contributed by atoms with Crippen LogP contribution < -0.4 is 4.74 Å². The van der Waals surface area contributed by atoms with Gasteiger partial charge in [0.1, 0.15) is 21.5 Å². The number of aliphatic hydroxyl groups excluding tert-OH is 1. The van der Waals surface area contributed by atoms with Crippen LogP contribution >= 0.6 is 11.6 Å². The van der Waals surface area contributed by atoms with Crippen molar-refractivity contribution >= 4 is 31.5 Å². The lowest BCUT2D eigenvalue weighted by Gasteiger charge is -2.26. The maximum atomic E-state index is 13.2. The number of nitrogens with zero attached hydrogens (tertiary/aromatic N) is 2. The molecule has 12 heteroatoms. The monoisotopic (exact) mass is 486 g/mol. The number of sulfone groups is 1. The van der Waals surface area contributed by atoms with Gasteiger partial charge in [0, 0.05) is 24.2 Å². The third-order valence-electron chi connectivity index (χ3n) is 5.12. The predicted octanol–water partition coefficient (Wildman–Crippen LogP) is 0.790. The molecule has 0 saturated carbocycles. The second-order valence-corrected chi connectivity index (χ2v) is 11.5. The quantitative estimate of drug-likeness (QED) is 0.609. The van der Waals surface area contributed by atoms with E-state index >= 15 is 0 Å². The van der Waals surface area contributed by atoms with Gasteiger partial charge in [-0.05, 0) is 36.4 Å². The van der Waals surface area contributed by atoms with E-state index in [4.69, 9.17) is 21.6 Å². The summed E-state index contributed by atoms with van der Waals surface area (Å²) in [5, 5.41) is 28.1. The number of ether oxygens (including phenoxy) is 1. The van der Waals surface area contributed by atoms with Gasteiger partial charge >= 0.3 is 0 Å². The molecule has 0 amide bonds. The molecule has 0 radical (unpaired) electrons. The van der Waals surface area contributed by atoms with E-state index in [-0.39, 0.29) is 26.1 Å². The zero-order valence-corrected chi connectivity index (χ0v) is 18.7. The first kappa shape index (κ1) is 23.5. The average Bonchev–Trinajstić information content (AvgIpc) is 3.13. The van der Waals surface area contributed by atoms with Gasteiger partial charge in [0.05, 0.1) is 30.2 Å².